The summed E-state index contributed by atoms with van der Waals surface area (Å²) in [6.07, 6.45) is 6.07. The molecule has 170 valence electrons. The molecule has 1 aromatic carbocycles. The van der Waals surface area contributed by atoms with E-state index in [-0.39, 0.29) is 11.8 Å². The largest absolute Gasteiger partial charge is 0.352 e. The molecule has 0 bridgehead atoms. The summed E-state index contributed by atoms with van der Waals surface area (Å²) in [6, 6.07) is 12.8. The summed E-state index contributed by atoms with van der Waals surface area (Å²) in [6.45, 7) is 2.70. The van der Waals surface area contributed by atoms with Gasteiger partial charge in [-0.25, -0.2) is 4.98 Å². The average Bonchev–Trinajstić information content (AvgIpc) is 3.63. The second-order valence-corrected chi connectivity index (χ2v) is 8.90. The van der Waals surface area contributed by atoms with Gasteiger partial charge in [0.2, 0.25) is 5.91 Å². The summed E-state index contributed by atoms with van der Waals surface area (Å²) in [7, 11) is 0. The van der Waals surface area contributed by atoms with Crippen LogP contribution < -0.4 is 10.2 Å². The molecule has 0 aliphatic heterocycles. The molecule has 0 atom stereocenters. The molecular weight excluding hydrogens is 459 g/mol. The third-order valence-corrected chi connectivity index (χ3v) is 6.24. The Labute approximate surface area is 203 Å². The van der Waals surface area contributed by atoms with Crippen LogP contribution >= 0.6 is 23.2 Å². The fourth-order valence-corrected chi connectivity index (χ4v) is 4.05. The molecule has 1 fully saturated rings. The van der Waals surface area contributed by atoms with Crippen molar-refractivity contribution in [3.05, 3.63) is 76.2 Å². The highest BCUT2D eigenvalue weighted by Crippen LogP contribution is 2.35. The minimum absolute atomic E-state index is 0.0177. The number of carbonyl (C=O) groups excluding carboxylic acids is 2. The number of halogens is 2. The Balaban J connectivity index is 1.40. The number of rotatable bonds is 8. The lowest BCUT2D eigenvalue weighted by molar-refractivity contribution is -0.116. The van der Waals surface area contributed by atoms with Crippen LogP contribution in [0.15, 0.2) is 54.9 Å². The molecule has 3 aromatic rings. The number of carbonyl (C=O) groups is 2. The lowest BCUT2D eigenvalue weighted by Crippen LogP contribution is -2.30. The van der Waals surface area contributed by atoms with Crippen LogP contribution in [0, 0.1) is 5.92 Å². The summed E-state index contributed by atoms with van der Waals surface area (Å²) in [5.74, 6) is 0.335. The van der Waals surface area contributed by atoms with Crippen LogP contribution in [-0.4, -0.2) is 34.9 Å². The normalized spacial score (nSPS) is 12.9. The lowest BCUT2D eigenvalue weighted by atomic mass is 10.1. The molecule has 2 heterocycles. The van der Waals surface area contributed by atoms with Crippen LogP contribution in [0.2, 0.25) is 10.2 Å². The van der Waals surface area contributed by atoms with Gasteiger partial charge in [-0.1, -0.05) is 35.3 Å². The monoisotopic (exact) mass is 482 g/mol. The van der Waals surface area contributed by atoms with E-state index >= 15 is 0 Å². The van der Waals surface area contributed by atoms with Crippen molar-refractivity contribution in [3.63, 3.8) is 0 Å². The number of nitrogens with zero attached hydrogens (tertiary/aromatic N) is 3. The summed E-state index contributed by atoms with van der Waals surface area (Å²) in [5.41, 5.74) is 3.57. The highest BCUT2D eigenvalue weighted by atomic mass is 35.5. The van der Waals surface area contributed by atoms with Crippen molar-refractivity contribution in [2.45, 2.75) is 26.2 Å². The summed E-state index contributed by atoms with van der Waals surface area (Å²) >= 11 is 12.6. The van der Waals surface area contributed by atoms with Crippen molar-refractivity contribution < 1.29 is 9.59 Å². The molecule has 0 unspecified atom stereocenters. The van der Waals surface area contributed by atoms with E-state index < -0.39 is 0 Å². The molecule has 8 heteroatoms. The van der Waals surface area contributed by atoms with Crippen LogP contribution in [0.25, 0.3) is 11.3 Å². The zero-order valence-corrected chi connectivity index (χ0v) is 19.7. The Morgan fingerprint density at radius 3 is 2.58 bits per heavy atom. The van der Waals surface area contributed by atoms with E-state index in [1.807, 2.05) is 24.3 Å². The van der Waals surface area contributed by atoms with Gasteiger partial charge in [-0.15, -0.1) is 0 Å². The van der Waals surface area contributed by atoms with Gasteiger partial charge in [0.1, 0.15) is 5.15 Å². The molecular formula is C25H24Cl2N4O2. The van der Waals surface area contributed by atoms with E-state index in [2.05, 4.69) is 15.3 Å². The van der Waals surface area contributed by atoms with Gasteiger partial charge in [0.15, 0.2) is 0 Å². The molecule has 33 heavy (non-hydrogen) atoms. The Hall–Kier alpha value is -2.96. The van der Waals surface area contributed by atoms with Crippen LogP contribution in [-0.2, 0) is 11.2 Å². The fourth-order valence-electron chi connectivity index (χ4n) is 3.56. The fraction of sp³-hybridized carbons (Fsp3) is 0.280. The van der Waals surface area contributed by atoms with Crippen molar-refractivity contribution in [2.75, 3.05) is 18.0 Å². The summed E-state index contributed by atoms with van der Waals surface area (Å²) < 4.78 is 0. The van der Waals surface area contributed by atoms with Gasteiger partial charge in [0.05, 0.1) is 22.0 Å². The minimum atomic E-state index is -0.209. The van der Waals surface area contributed by atoms with Crippen molar-refractivity contribution in [1.82, 2.24) is 15.3 Å². The van der Waals surface area contributed by atoms with Crippen molar-refractivity contribution in [1.29, 1.82) is 0 Å². The highest BCUT2D eigenvalue weighted by molar-refractivity contribution is 6.34. The Bertz CT molecular complexity index is 1160. The van der Waals surface area contributed by atoms with Gasteiger partial charge in [-0.05, 0) is 61.1 Å². The van der Waals surface area contributed by atoms with E-state index in [1.165, 1.54) is 0 Å². The molecule has 0 spiro atoms. The van der Waals surface area contributed by atoms with Gasteiger partial charge in [0, 0.05) is 38.0 Å². The number of hydrogen-bond donors (Lipinski definition) is 1. The number of nitrogens with one attached hydrogen (secondary N) is 1. The molecule has 1 N–H and O–H groups in total. The van der Waals surface area contributed by atoms with Gasteiger partial charge >= 0.3 is 0 Å². The standard InChI is InChI=1S/C25H24Cl2N4O2/c1-16(32)31(15-17-4-5-17)23-9-7-19(13-21(23)26)22-8-6-20(14-30-22)25(33)29-12-10-18-3-2-11-28-24(18)27/h2-3,6-9,11,13-14,17H,4-5,10,12,15H2,1H3,(H,29,33). The second-order valence-electron chi connectivity index (χ2n) is 8.13. The first-order valence-electron chi connectivity index (χ1n) is 10.8. The van der Waals surface area contributed by atoms with Crippen molar-refractivity contribution >= 4 is 40.7 Å². The zero-order valence-electron chi connectivity index (χ0n) is 18.2. The molecule has 1 saturated carbocycles. The maximum Gasteiger partial charge on any atom is 0.252 e. The predicted molar refractivity (Wildman–Crippen MR) is 131 cm³/mol. The van der Waals surface area contributed by atoms with E-state index in [9.17, 15) is 9.59 Å². The third kappa shape index (κ3) is 5.89. The molecule has 1 aliphatic carbocycles. The number of benzene rings is 1. The summed E-state index contributed by atoms with van der Waals surface area (Å²) in [4.78, 5) is 34.7. The number of amides is 2. The Kier molecular flexibility index (Phi) is 7.26. The van der Waals surface area contributed by atoms with E-state index in [4.69, 9.17) is 23.2 Å². The smallest absolute Gasteiger partial charge is 0.252 e. The summed E-state index contributed by atoms with van der Waals surface area (Å²) in [5, 5.41) is 3.82. The molecule has 0 saturated heterocycles. The second kappa shape index (κ2) is 10.3. The third-order valence-electron chi connectivity index (χ3n) is 5.59. The van der Waals surface area contributed by atoms with Crippen LogP contribution in [0.4, 0.5) is 5.69 Å². The quantitative estimate of drug-likeness (QED) is 0.448. The Morgan fingerprint density at radius 1 is 1.12 bits per heavy atom. The lowest BCUT2D eigenvalue weighted by Gasteiger charge is -2.22. The molecule has 6 nitrogen and oxygen atoms in total. The molecule has 2 amide bonds. The topological polar surface area (TPSA) is 75.2 Å². The van der Waals surface area contributed by atoms with E-state index in [1.54, 1.807) is 42.4 Å². The van der Waals surface area contributed by atoms with Crippen molar-refractivity contribution in [3.8, 4) is 11.3 Å². The number of hydrogen-bond acceptors (Lipinski definition) is 4. The number of anilines is 1. The van der Waals surface area contributed by atoms with E-state index in [0.717, 1.165) is 24.0 Å². The maximum absolute atomic E-state index is 12.4. The SMILES string of the molecule is CC(=O)N(CC1CC1)c1ccc(-c2ccc(C(=O)NCCc3cccnc3Cl)cn2)cc1Cl. The van der Waals surface area contributed by atoms with Crippen LogP contribution in [0.3, 0.4) is 0 Å². The molecule has 2 aromatic heterocycles. The first-order chi connectivity index (χ1) is 15.9. The number of pyridine rings is 2. The maximum atomic E-state index is 12.4. The predicted octanol–water partition coefficient (Wildman–Crippen LogP) is 5.19. The zero-order chi connectivity index (χ0) is 23.4. The van der Waals surface area contributed by atoms with Gasteiger partial charge < -0.3 is 10.2 Å². The molecule has 1 aliphatic rings. The van der Waals surface area contributed by atoms with Crippen LogP contribution in [0.1, 0.15) is 35.7 Å². The molecule has 0 radical (unpaired) electrons. The van der Waals surface area contributed by atoms with Crippen molar-refractivity contribution in [2.24, 2.45) is 5.92 Å². The van der Waals surface area contributed by atoms with Gasteiger partial charge in [-0.2, -0.15) is 0 Å². The average molecular weight is 483 g/mol. The Morgan fingerprint density at radius 2 is 1.94 bits per heavy atom. The first-order valence-corrected chi connectivity index (χ1v) is 11.6. The van der Waals surface area contributed by atoms with Crippen LogP contribution in [0.5, 0.6) is 0 Å². The minimum Gasteiger partial charge on any atom is -0.352 e. The van der Waals surface area contributed by atoms with Gasteiger partial charge in [-0.3, -0.25) is 14.6 Å². The number of aromatic nitrogens is 2. The van der Waals surface area contributed by atoms with Gasteiger partial charge in [0.25, 0.3) is 5.91 Å². The highest BCUT2D eigenvalue weighted by Gasteiger charge is 2.27. The van der Waals surface area contributed by atoms with E-state index in [0.29, 0.717) is 52.5 Å². The molecule has 4 rings (SSSR count). The first kappa shape index (κ1) is 23.2.